The molecule has 0 heterocycles. The molecule has 5 heteroatoms. The summed E-state index contributed by atoms with van der Waals surface area (Å²) in [5.74, 6) is 0.189. The fourth-order valence-corrected chi connectivity index (χ4v) is 9.31. The van der Waals surface area contributed by atoms with Gasteiger partial charge in [0.05, 0.1) is 12.2 Å². The van der Waals surface area contributed by atoms with E-state index in [9.17, 15) is 19.0 Å². The Morgan fingerprint density at radius 2 is 1.17 bits per heavy atom. The normalized spacial score (nSPS) is 23.8. The fraction of sp³-hybridized carbons (Fsp3) is 0.714. The van der Waals surface area contributed by atoms with Crippen LogP contribution in [-0.4, -0.2) is 36.4 Å². The van der Waals surface area contributed by atoms with Crippen molar-refractivity contribution in [3.8, 4) is 0 Å². The fourth-order valence-electron chi connectivity index (χ4n) is 8.72. The van der Waals surface area contributed by atoms with Crippen LogP contribution in [0.2, 0.25) is 0 Å². The van der Waals surface area contributed by atoms with Gasteiger partial charge in [-0.05, 0) is 145 Å². The molecule has 2 aliphatic carbocycles. The number of aliphatic hydroxyl groups excluding tert-OH is 2. The molecule has 47 heavy (non-hydrogen) atoms. The van der Waals surface area contributed by atoms with Crippen LogP contribution in [0.1, 0.15) is 154 Å². The molecule has 6 unspecified atom stereocenters. The maximum atomic E-state index is 12.1. The number of rotatable bonds is 16. The molecule has 268 valence electrons. The highest BCUT2D eigenvalue weighted by Gasteiger charge is 2.36. The first-order valence-electron chi connectivity index (χ1n) is 18.3. The van der Waals surface area contributed by atoms with Gasteiger partial charge >= 0.3 is 0 Å². The van der Waals surface area contributed by atoms with Crippen LogP contribution >= 0.6 is 0 Å². The van der Waals surface area contributed by atoms with Crippen molar-refractivity contribution in [3.63, 3.8) is 0 Å². The molecular weight excluding hydrogens is 601 g/mol. The van der Waals surface area contributed by atoms with Gasteiger partial charge in [0.25, 0.3) is 0 Å². The second kappa shape index (κ2) is 18.5. The highest BCUT2D eigenvalue weighted by Crippen LogP contribution is 2.46. The minimum absolute atomic E-state index is 0.0874. The Morgan fingerprint density at radius 1 is 0.766 bits per heavy atom. The van der Waals surface area contributed by atoms with E-state index in [1.54, 1.807) is 0 Å². The van der Waals surface area contributed by atoms with Crippen LogP contribution in [0.5, 0.6) is 0 Å². The lowest BCUT2D eigenvalue weighted by atomic mass is 9.67. The van der Waals surface area contributed by atoms with Crippen molar-refractivity contribution in [1.29, 1.82) is 0 Å². The molecule has 2 aliphatic rings. The standard InChI is InChI=1S/C42H70O4S/c1-28(17-13-19-32(5)39(43)34(7)37-30(3)21-15-25-41(37,9)10)23-24-36(47(45)46)27-29(2)18-14-20-33(6)40(44)35(8)38-31(4)22-16-26-42(38,11)12/h19-20,23,27,34-36,39-40,43-44H,13-18,21-22,24-26H2,1-12H3,(H,45,46)/p-1/b28-23+,29-27+,32-19+,33-20+. The Bertz CT molecular complexity index is 1270. The first-order chi connectivity index (χ1) is 21.8. The largest absolute Gasteiger partial charge is 0.772 e. The van der Waals surface area contributed by atoms with Crippen LogP contribution in [0.25, 0.3) is 0 Å². The molecule has 0 fully saturated rings. The van der Waals surface area contributed by atoms with Gasteiger partial charge in [0, 0.05) is 17.1 Å². The van der Waals surface area contributed by atoms with E-state index in [0.29, 0.717) is 6.42 Å². The first kappa shape index (κ1) is 41.6. The summed E-state index contributed by atoms with van der Waals surface area (Å²) in [6.45, 7) is 26.1. The van der Waals surface area contributed by atoms with Crippen LogP contribution in [0.3, 0.4) is 0 Å². The number of aliphatic hydroxyl groups is 2. The smallest absolute Gasteiger partial charge is 0.0810 e. The van der Waals surface area contributed by atoms with Crippen molar-refractivity contribution in [2.75, 3.05) is 0 Å². The summed E-state index contributed by atoms with van der Waals surface area (Å²) in [6.07, 6.45) is 17.9. The third-order valence-corrected chi connectivity index (χ3v) is 12.1. The van der Waals surface area contributed by atoms with Crippen molar-refractivity contribution in [2.24, 2.45) is 22.7 Å². The van der Waals surface area contributed by atoms with Crippen LogP contribution in [0.15, 0.2) is 68.9 Å². The molecule has 2 rings (SSSR count). The third kappa shape index (κ3) is 12.1. The Balaban J connectivity index is 1.94. The zero-order valence-electron chi connectivity index (χ0n) is 32.1. The minimum atomic E-state index is -2.20. The molecule has 0 spiro atoms. The molecule has 6 atom stereocenters. The molecule has 0 saturated carbocycles. The monoisotopic (exact) mass is 669 g/mol. The molecule has 0 saturated heterocycles. The SMILES string of the molecule is CC1=C(C(C)C(O)/C(C)=C/CC/C(C)=C/CC(/C=C(\C)CC/C=C(\C)C(O)C(C)C2=C(C)CCCC2(C)C)S(=O)[O-])C(C)(C)CCC1. The number of hydrogen-bond donors (Lipinski definition) is 2. The lowest BCUT2D eigenvalue weighted by Crippen LogP contribution is -2.31. The molecule has 2 N–H and O–H groups in total. The molecular formula is C42H69O4S-. The Labute approximate surface area is 292 Å². The van der Waals surface area contributed by atoms with Crippen molar-refractivity contribution in [1.82, 2.24) is 0 Å². The summed E-state index contributed by atoms with van der Waals surface area (Å²) >= 11 is -2.20. The topological polar surface area (TPSA) is 80.6 Å². The van der Waals surface area contributed by atoms with E-state index in [1.807, 2.05) is 26.8 Å². The zero-order valence-corrected chi connectivity index (χ0v) is 32.9. The minimum Gasteiger partial charge on any atom is -0.772 e. The van der Waals surface area contributed by atoms with Crippen molar-refractivity contribution in [2.45, 2.75) is 171 Å². The summed E-state index contributed by atoms with van der Waals surface area (Å²) in [5, 5.41) is 21.8. The van der Waals surface area contributed by atoms with Crippen LogP contribution < -0.4 is 0 Å². The van der Waals surface area contributed by atoms with E-state index >= 15 is 0 Å². The molecule has 0 aliphatic heterocycles. The van der Waals surface area contributed by atoms with Crippen molar-refractivity contribution >= 4 is 11.1 Å². The molecule has 0 amide bonds. The van der Waals surface area contributed by atoms with Crippen molar-refractivity contribution < 1.29 is 19.0 Å². The quantitative estimate of drug-likeness (QED) is 0.127. The molecule has 4 nitrogen and oxygen atoms in total. The van der Waals surface area contributed by atoms with Crippen LogP contribution in [0.4, 0.5) is 0 Å². The first-order valence-corrected chi connectivity index (χ1v) is 19.4. The Kier molecular flexibility index (Phi) is 16.4. The van der Waals surface area contributed by atoms with Gasteiger partial charge in [-0.15, -0.1) is 0 Å². The lowest BCUT2D eigenvalue weighted by molar-refractivity contribution is 0.148. The average molecular weight is 670 g/mol. The zero-order chi connectivity index (χ0) is 35.7. The summed E-state index contributed by atoms with van der Waals surface area (Å²) in [4.78, 5) is 0. The molecule has 0 aromatic heterocycles. The maximum absolute atomic E-state index is 12.1. The summed E-state index contributed by atoms with van der Waals surface area (Å²) in [6, 6.07) is 0. The summed E-state index contributed by atoms with van der Waals surface area (Å²) in [7, 11) is 0. The Hall–Kier alpha value is -1.53. The lowest BCUT2D eigenvalue weighted by Gasteiger charge is -2.39. The van der Waals surface area contributed by atoms with E-state index < -0.39 is 28.5 Å². The molecule has 0 aromatic rings. The molecule has 0 bridgehead atoms. The van der Waals surface area contributed by atoms with Gasteiger partial charge < -0.3 is 14.8 Å². The predicted molar refractivity (Wildman–Crippen MR) is 202 cm³/mol. The van der Waals surface area contributed by atoms with E-state index in [4.69, 9.17) is 0 Å². The van der Waals surface area contributed by atoms with E-state index in [0.717, 1.165) is 61.7 Å². The highest BCUT2D eigenvalue weighted by atomic mass is 32.2. The molecule has 0 radical (unpaired) electrons. The Morgan fingerprint density at radius 3 is 1.55 bits per heavy atom. The second-order valence-corrected chi connectivity index (χ2v) is 17.5. The van der Waals surface area contributed by atoms with Gasteiger partial charge in [-0.2, -0.15) is 0 Å². The van der Waals surface area contributed by atoms with Crippen LogP contribution in [-0.2, 0) is 11.1 Å². The van der Waals surface area contributed by atoms with Gasteiger partial charge in [0.2, 0.25) is 0 Å². The van der Waals surface area contributed by atoms with Gasteiger partial charge in [-0.25, -0.2) is 0 Å². The van der Waals surface area contributed by atoms with E-state index in [1.165, 1.54) is 47.1 Å². The van der Waals surface area contributed by atoms with Gasteiger partial charge in [-0.3, -0.25) is 4.21 Å². The number of hydrogen-bond acceptors (Lipinski definition) is 4. The highest BCUT2D eigenvalue weighted by molar-refractivity contribution is 7.80. The maximum Gasteiger partial charge on any atom is 0.0810 e. The summed E-state index contributed by atoms with van der Waals surface area (Å²) in [5.41, 5.74) is 10.2. The van der Waals surface area contributed by atoms with Gasteiger partial charge in [0.1, 0.15) is 0 Å². The van der Waals surface area contributed by atoms with Crippen LogP contribution in [0, 0.1) is 22.7 Å². The average Bonchev–Trinajstić information content (AvgIpc) is 2.96. The van der Waals surface area contributed by atoms with Gasteiger partial charge in [0.15, 0.2) is 0 Å². The summed E-state index contributed by atoms with van der Waals surface area (Å²) < 4.78 is 24.2. The van der Waals surface area contributed by atoms with E-state index in [-0.39, 0.29) is 22.7 Å². The third-order valence-electron chi connectivity index (χ3n) is 11.3. The van der Waals surface area contributed by atoms with E-state index in [2.05, 4.69) is 80.5 Å². The second-order valence-electron chi connectivity index (χ2n) is 16.4. The number of allylic oxidation sites excluding steroid dienone is 7. The van der Waals surface area contributed by atoms with Gasteiger partial charge in [-0.1, -0.05) is 99.3 Å². The van der Waals surface area contributed by atoms with Crippen molar-refractivity contribution in [3.05, 3.63) is 68.9 Å². The predicted octanol–water partition coefficient (Wildman–Crippen LogP) is 11.0. The molecule has 0 aromatic carbocycles.